The second-order valence-electron chi connectivity index (χ2n) is 4.56. The van der Waals surface area contributed by atoms with Gasteiger partial charge in [0.15, 0.2) is 0 Å². The minimum atomic E-state index is -0.519. The Morgan fingerprint density at radius 3 is 2.68 bits per heavy atom. The fourth-order valence-corrected chi connectivity index (χ4v) is 1.99. The first-order valence-corrected chi connectivity index (χ1v) is 6.80. The van der Waals surface area contributed by atoms with Gasteiger partial charge in [-0.1, -0.05) is 0 Å². The Morgan fingerprint density at radius 2 is 2.00 bits per heavy atom. The van der Waals surface area contributed by atoms with Crippen molar-refractivity contribution in [2.24, 2.45) is 0 Å². The molecule has 0 amide bonds. The lowest BCUT2D eigenvalue weighted by atomic mass is 10.2. The largest absolute Gasteiger partial charge is 0.497 e. The number of nitrogens with two attached hydrogens (primary N) is 1. The molecule has 0 saturated heterocycles. The number of alkyl halides is 1. The Bertz CT molecular complexity index is 637. The van der Waals surface area contributed by atoms with Gasteiger partial charge in [0.05, 0.1) is 20.9 Å². The summed E-state index contributed by atoms with van der Waals surface area (Å²) in [5, 5.41) is 3.14. The molecule has 0 aliphatic carbocycles. The van der Waals surface area contributed by atoms with Crippen molar-refractivity contribution in [3.63, 3.8) is 0 Å². The molecule has 1 aromatic heterocycles. The summed E-state index contributed by atoms with van der Waals surface area (Å²) in [5.41, 5.74) is 6.64. The van der Waals surface area contributed by atoms with E-state index < -0.39 is 6.67 Å². The van der Waals surface area contributed by atoms with E-state index in [2.05, 4.69) is 15.3 Å². The van der Waals surface area contributed by atoms with Crippen LogP contribution in [0.2, 0.25) is 0 Å². The Balaban J connectivity index is 2.12. The number of anilines is 2. The molecule has 0 unspecified atom stereocenters. The number of aryl methyl sites for hydroxylation is 1. The topological polar surface area (TPSA) is 82.3 Å². The lowest BCUT2D eigenvalue weighted by Crippen LogP contribution is -2.08. The average molecular weight is 306 g/mol. The molecule has 0 fully saturated rings. The molecule has 6 nitrogen and oxygen atoms in total. The Kier molecular flexibility index (Phi) is 5.35. The summed E-state index contributed by atoms with van der Waals surface area (Å²) in [6.45, 7) is -0.0338. The van der Waals surface area contributed by atoms with Crippen LogP contribution < -0.4 is 20.5 Å². The van der Waals surface area contributed by atoms with Crippen LogP contribution in [0.15, 0.2) is 24.3 Å². The lowest BCUT2D eigenvalue weighted by Gasteiger charge is -2.12. The molecule has 0 aliphatic heterocycles. The van der Waals surface area contributed by atoms with Gasteiger partial charge in [0, 0.05) is 30.7 Å². The molecule has 2 rings (SSSR count). The normalized spacial score (nSPS) is 10.3. The summed E-state index contributed by atoms with van der Waals surface area (Å²) in [5.74, 6) is 2.66. The fourth-order valence-electron chi connectivity index (χ4n) is 1.99. The number of methoxy groups -OCH3 is 2. The first kappa shape index (κ1) is 15.8. The van der Waals surface area contributed by atoms with Crippen LogP contribution in [0.4, 0.5) is 16.0 Å². The van der Waals surface area contributed by atoms with Crippen LogP contribution in [0.25, 0.3) is 0 Å². The quantitative estimate of drug-likeness (QED) is 0.816. The van der Waals surface area contributed by atoms with E-state index in [1.807, 2.05) is 12.1 Å². The minimum Gasteiger partial charge on any atom is -0.497 e. The molecule has 0 saturated carbocycles. The number of nitrogen functional groups attached to an aromatic ring is 1. The summed E-state index contributed by atoms with van der Waals surface area (Å²) < 4.78 is 22.9. The molecule has 0 aliphatic rings. The van der Waals surface area contributed by atoms with Gasteiger partial charge in [0.1, 0.15) is 29.0 Å². The molecule has 1 aromatic carbocycles. The minimum absolute atomic E-state index is 0.144. The predicted molar refractivity (Wildman–Crippen MR) is 83.0 cm³/mol. The van der Waals surface area contributed by atoms with Crippen LogP contribution in [0.5, 0.6) is 11.5 Å². The molecule has 0 spiro atoms. The average Bonchev–Trinajstić information content (AvgIpc) is 2.52. The summed E-state index contributed by atoms with van der Waals surface area (Å²) in [7, 11) is 3.20. The maximum Gasteiger partial charge on any atom is 0.135 e. The van der Waals surface area contributed by atoms with Gasteiger partial charge in [-0.3, -0.25) is 4.39 Å². The summed E-state index contributed by atoms with van der Waals surface area (Å²) in [4.78, 5) is 8.20. The van der Waals surface area contributed by atoms with Gasteiger partial charge in [-0.15, -0.1) is 0 Å². The van der Waals surface area contributed by atoms with E-state index in [0.29, 0.717) is 29.8 Å². The second kappa shape index (κ2) is 7.44. The fraction of sp³-hybridized carbons (Fsp3) is 0.333. The SMILES string of the molecule is COc1ccc(CNc2cc(N)nc(CCF)n2)c(OC)c1. The van der Waals surface area contributed by atoms with E-state index in [0.717, 1.165) is 11.3 Å². The number of hydrogen-bond acceptors (Lipinski definition) is 6. The molecule has 0 atom stereocenters. The van der Waals surface area contributed by atoms with Crippen molar-refractivity contribution in [2.75, 3.05) is 31.9 Å². The number of aromatic nitrogens is 2. The molecule has 1 heterocycles. The maximum atomic E-state index is 12.4. The molecule has 0 radical (unpaired) electrons. The highest BCUT2D eigenvalue weighted by Gasteiger charge is 2.07. The molecule has 0 bridgehead atoms. The van der Waals surface area contributed by atoms with Gasteiger partial charge in [-0.05, 0) is 12.1 Å². The third-order valence-corrected chi connectivity index (χ3v) is 3.06. The highest BCUT2D eigenvalue weighted by Crippen LogP contribution is 2.25. The van der Waals surface area contributed by atoms with Gasteiger partial charge < -0.3 is 20.5 Å². The van der Waals surface area contributed by atoms with Crippen molar-refractivity contribution in [1.82, 2.24) is 9.97 Å². The van der Waals surface area contributed by atoms with E-state index in [-0.39, 0.29) is 6.42 Å². The third kappa shape index (κ3) is 3.97. The van der Waals surface area contributed by atoms with Crippen molar-refractivity contribution < 1.29 is 13.9 Å². The van der Waals surface area contributed by atoms with Crippen molar-refractivity contribution >= 4 is 11.6 Å². The zero-order valence-corrected chi connectivity index (χ0v) is 12.6. The van der Waals surface area contributed by atoms with Crippen molar-refractivity contribution in [2.45, 2.75) is 13.0 Å². The highest BCUT2D eigenvalue weighted by atomic mass is 19.1. The van der Waals surface area contributed by atoms with Crippen LogP contribution in [0.1, 0.15) is 11.4 Å². The number of nitrogens with one attached hydrogen (secondary N) is 1. The monoisotopic (exact) mass is 306 g/mol. The van der Waals surface area contributed by atoms with Crippen LogP contribution in [0.3, 0.4) is 0 Å². The van der Waals surface area contributed by atoms with Gasteiger partial charge in [-0.25, -0.2) is 9.97 Å². The third-order valence-electron chi connectivity index (χ3n) is 3.06. The van der Waals surface area contributed by atoms with Crippen LogP contribution in [-0.4, -0.2) is 30.9 Å². The molecule has 22 heavy (non-hydrogen) atoms. The van der Waals surface area contributed by atoms with E-state index >= 15 is 0 Å². The van der Waals surface area contributed by atoms with E-state index in [1.54, 1.807) is 26.4 Å². The molecule has 118 valence electrons. The van der Waals surface area contributed by atoms with Crippen LogP contribution >= 0.6 is 0 Å². The number of hydrogen-bond donors (Lipinski definition) is 2. The predicted octanol–water partition coefficient (Wildman–Crippen LogP) is 2.20. The van der Waals surface area contributed by atoms with E-state index in [9.17, 15) is 4.39 Å². The number of rotatable bonds is 7. The van der Waals surface area contributed by atoms with Gasteiger partial charge >= 0.3 is 0 Å². The van der Waals surface area contributed by atoms with Gasteiger partial charge in [0.25, 0.3) is 0 Å². The van der Waals surface area contributed by atoms with Crippen molar-refractivity contribution in [3.05, 3.63) is 35.7 Å². The van der Waals surface area contributed by atoms with Crippen molar-refractivity contribution in [1.29, 1.82) is 0 Å². The summed E-state index contributed by atoms with van der Waals surface area (Å²) in [6, 6.07) is 7.16. The number of ether oxygens (including phenoxy) is 2. The van der Waals surface area contributed by atoms with Gasteiger partial charge in [0.2, 0.25) is 0 Å². The number of nitrogens with zero attached hydrogens (tertiary/aromatic N) is 2. The summed E-state index contributed by atoms with van der Waals surface area (Å²) in [6.07, 6.45) is 0.144. The lowest BCUT2D eigenvalue weighted by molar-refractivity contribution is 0.391. The molecular formula is C15H19FN4O2. The first-order chi connectivity index (χ1) is 10.7. The standard InChI is InChI=1S/C15H19FN4O2/c1-21-11-4-3-10(12(7-11)22-2)9-18-15-8-13(17)19-14(20-15)5-6-16/h3-4,7-8H,5-6,9H2,1-2H3,(H3,17,18,19,20). The Labute approximate surface area is 128 Å². The summed E-state index contributed by atoms with van der Waals surface area (Å²) >= 11 is 0. The zero-order chi connectivity index (χ0) is 15.9. The van der Waals surface area contributed by atoms with E-state index in [1.165, 1.54) is 0 Å². The molecule has 3 N–H and O–H groups in total. The van der Waals surface area contributed by atoms with Crippen LogP contribution in [0, 0.1) is 0 Å². The maximum absolute atomic E-state index is 12.4. The van der Waals surface area contributed by atoms with Crippen molar-refractivity contribution in [3.8, 4) is 11.5 Å². The Hall–Kier alpha value is -2.57. The van der Waals surface area contributed by atoms with Crippen LogP contribution in [-0.2, 0) is 13.0 Å². The zero-order valence-electron chi connectivity index (χ0n) is 12.6. The number of halogens is 1. The highest BCUT2D eigenvalue weighted by molar-refractivity contribution is 5.47. The van der Waals surface area contributed by atoms with Gasteiger partial charge in [-0.2, -0.15) is 0 Å². The number of benzene rings is 1. The molecular weight excluding hydrogens is 287 g/mol. The molecule has 2 aromatic rings. The smallest absolute Gasteiger partial charge is 0.135 e. The van der Waals surface area contributed by atoms with E-state index in [4.69, 9.17) is 15.2 Å². The first-order valence-electron chi connectivity index (χ1n) is 6.80. The Morgan fingerprint density at radius 1 is 1.18 bits per heavy atom. The second-order valence-corrected chi connectivity index (χ2v) is 4.56. The molecule has 7 heteroatoms.